The average molecular weight is 691 g/mol. The summed E-state index contributed by atoms with van der Waals surface area (Å²) in [6.07, 6.45) is -9.00. The van der Waals surface area contributed by atoms with E-state index in [4.69, 9.17) is 23.7 Å². The van der Waals surface area contributed by atoms with Crippen molar-refractivity contribution in [2.24, 2.45) is 16.7 Å². The van der Waals surface area contributed by atoms with Gasteiger partial charge in [0.15, 0.2) is 17.5 Å². The van der Waals surface area contributed by atoms with Crippen LogP contribution in [0.1, 0.15) is 69.5 Å². The third-order valence-electron chi connectivity index (χ3n) is 12.0. The van der Waals surface area contributed by atoms with E-state index in [1.54, 1.807) is 39.0 Å². The second-order valence-electron chi connectivity index (χ2n) is 15.0. The molecular formula is C38H42O12. The summed E-state index contributed by atoms with van der Waals surface area (Å²) >= 11 is 0. The van der Waals surface area contributed by atoms with Gasteiger partial charge in [-0.1, -0.05) is 62.4 Å². The molecule has 3 N–H and O–H groups in total. The van der Waals surface area contributed by atoms with Crippen LogP contribution in [0.4, 0.5) is 0 Å². The molecule has 0 amide bonds. The zero-order valence-corrected chi connectivity index (χ0v) is 28.5. The smallest absolute Gasteiger partial charge is 0.339 e. The van der Waals surface area contributed by atoms with E-state index in [9.17, 15) is 34.5 Å². The first-order valence-corrected chi connectivity index (χ1v) is 16.9. The zero-order chi connectivity index (χ0) is 36.0. The van der Waals surface area contributed by atoms with E-state index >= 15 is 0 Å². The van der Waals surface area contributed by atoms with E-state index in [1.165, 1.54) is 26.0 Å². The van der Waals surface area contributed by atoms with E-state index in [0.717, 1.165) is 5.56 Å². The normalized spacial score (nSPS) is 39.8. The predicted octanol–water partition coefficient (Wildman–Crippen LogP) is 2.77. The SMILES string of the molecule is CC(=O)O[C@@]12CO[C@@H]1C[C@H](O)[C@@]1(C)C(=O)[C@H](O)C3=C(C)C(OC(=O)[C@@H]4O[C@H]4c4ccccc4)C[C@@](O)([C@@H](OC(=O)c4ccccc4)C12)C3(C)C. The Labute approximate surface area is 289 Å². The fraction of sp³-hybridized carbons (Fsp3) is 0.526. The van der Waals surface area contributed by atoms with Crippen LogP contribution in [0.2, 0.25) is 0 Å². The second kappa shape index (κ2) is 11.8. The quantitative estimate of drug-likeness (QED) is 0.175. The number of Topliss-reactive ketones (excluding diaryl/α,β-unsaturated/α-hetero) is 1. The van der Waals surface area contributed by atoms with E-state index in [0.29, 0.717) is 5.57 Å². The fourth-order valence-electron chi connectivity index (χ4n) is 9.17. The summed E-state index contributed by atoms with van der Waals surface area (Å²) in [6.45, 7) is 7.27. The van der Waals surface area contributed by atoms with Gasteiger partial charge in [0.25, 0.3) is 0 Å². The van der Waals surface area contributed by atoms with Crippen LogP contribution >= 0.6 is 0 Å². The third-order valence-corrected chi connectivity index (χ3v) is 12.0. The van der Waals surface area contributed by atoms with Crippen molar-refractivity contribution in [3.8, 4) is 0 Å². The van der Waals surface area contributed by atoms with Gasteiger partial charge in [-0.15, -0.1) is 0 Å². The number of hydrogen-bond donors (Lipinski definition) is 3. The maximum atomic E-state index is 14.8. The average Bonchev–Trinajstić information content (AvgIpc) is 3.88. The Morgan fingerprint density at radius 3 is 2.18 bits per heavy atom. The molecule has 2 saturated heterocycles. The highest BCUT2D eigenvalue weighted by molar-refractivity contribution is 5.94. The maximum Gasteiger partial charge on any atom is 0.339 e. The van der Waals surface area contributed by atoms with Crippen molar-refractivity contribution >= 4 is 23.7 Å². The lowest BCUT2D eigenvalue weighted by atomic mass is 9.44. The van der Waals surface area contributed by atoms with Gasteiger partial charge >= 0.3 is 17.9 Å². The number of aliphatic hydroxyl groups excluding tert-OH is 2. The largest absolute Gasteiger partial charge is 0.456 e. The standard InChI is InChI=1S/C38H42O12/c1-19-23(47-34(44)29-28(48-29)21-12-8-6-9-13-21)17-38(45)32(49-33(43)22-14-10-7-11-15-22)30-36(5,31(42)27(41)26(19)35(38,3)4)24(40)16-25-37(30,18-46-25)50-20(2)39/h6-15,23-25,27-30,32,40-41,45H,16-18H2,1-5H3/t23?,24-,25+,27+,28-,29+,30?,32-,36+,37-,38+/m0/s1. The van der Waals surface area contributed by atoms with Gasteiger partial charge in [0.2, 0.25) is 0 Å². The first-order chi connectivity index (χ1) is 23.6. The maximum absolute atomic E-state index is 14.8. The Kier molecular flexibility index (Phi) is 8.15. The topological polar surface area (TPSA) is 178 Å². The van der Waals surface area contributed by atoms with E-state index in [1.807, 2.05) is 30.3 Å². The fourth-order valence-corrected chi connectivity index (χ4v) is 9.17. The number of ketones is 1. The van der Waals surface area contributed by atoms with Crippen molar-refractivity contribution in [1.82, 2.24) is 0 Å². The van der Waals surface area contributed by atoms with E-state index in [2.05, 4.69) is 0 Å². The van der Waals surface area contributed by atoms with Gasteiger partial charge in [0, 0.05) is 25.2 Å². The minimum Gasteiger partial charge on any atom is -0.456 e. The molecule has 0 radical (unpaired) electrons. The molecule has 4 fully saturated rings. The highest BCUT2D eigenvalue weighted by Crippen LogP contribution is 2.64. The molecule has 2 aromatic rings. The number of esters is 3. The number of carbonyl (C=O) groups excluding carboxylic acids is 4. The first kappa shape index (κ1) is 34.5. The van der Waals surface area contributed by atoms with Crippen LogP contribution in [0.3, 0.4) is 0 Å². The number of aliphatic hydroxyl groups is 3. The summed E-state index contributed by atoms with van der Waals surface area (Å²) in [7, 11) is 0. The molecule has 12 heteroatoms. The van der Waals surface area contributed by atoms with Gasteiger partial charge in [-0.25, -0.2) is 9.59 Å². The third kappa shape index (κ3) is 4.90. The lowest BCUT2D eigenvalue weighted by Crippen LogP contribution is -2.81. The molecule has 3 aliphatic carbocycles. The summed E-state index contributed by atoms with van der Waals surface area (Å²) in [5, 5.41) is 37.1. The summed E-state index contributed by atoms with van der Waals surface area (Å²) in [4.78, 5) is 55.0. The number of fused-ring (bicyclic) bond motifs is 5. The molecule has 2 heterocycles. The number of benzene rings is 2. The van der Waals surface area contributed by atoms with Crippen molar-refractivity contribution in [2.45, 2.75) is 101 Å². The molecule has 2 aromatic carbocycles. The molecule has 266 valence electrons. The minimum absolute atomic E-state index is 0.0755. The number of hydrogen-bond acceptors (Lipinski definition) is 12. The van der Waals surface area contributed by atoms with Gasteiger partial charge in [0.05, 0.1) is 29.6 Å². The van der Waals surface area contributed by atoms with Crippen molar-refractivity contribution in [3.63, 3.8) is 0 Å². The summed E-state index contributed by atoms with van der Waals surface area (Å²) in [5.74, 6) is -4.49. The van der Waals surface area contributed by atoms with E-state index < -0.39 is 94.4 Å². The molecule has 5 aliphatic rings. The highest BCUT2D eigenvalue weighted by atomic mass is 16.6. The Bertz CT molecular complexity index is 1750. The van der Waals surface area contributed by atoms with Crippen LogP contribution in [0.15, 0.2) is 71.8 Å². The molecule has 12 nitrogen and oxygen atoms in total. The summed E-state index contributed by atoms with van der Waals surface area (Å²) in [6, 6.07) is 17.2. The number of ether oxygens (including phenoxy) is 5. The second-order valence-corrected chi connectivity index (χ2v) is 15.0. The Morgan fingerprint density at radius 2 is 1.58 bits per heavy atom. The lowest BCUT2D eigenvalue weighted by molar-refractivity contribution is -0.345. The number of carbonyl (C=O) groups is 4. The Morgan fingerprint density at radius 1 is 0.940 bits per heavy atom. The van der Waals surface area contributed by atoms with Crippen LogP contribution < -0.4 is 0 Å². The molecule has 2 unspecified atom stereocenters. The van der Waals surface area contributed by atoms with Crippen LogP contribution in [-0.4, -0.2) is 93.4 Å². The van der Waals surface area contributed by atoms with Crippen LogP contribution in [-0.2, 0) is 38.1 Å². The van der Waals surface area contributed by atoms with Crippen LogP contribution in [0.25, 0.3) is 0 Å². The first-order valence-electron chi connectivity index (χ1n) is 16.9. The van der Waals surface area contributed by atoms with Gasteiger partial charge in [-0.3, -0.25) is 9.59 Å². The number of epoxide rings is 1. The molecule has 0 spiro atoms. The van der Waals surface area contributed by atoms with Gasteiger partial charge in [0.1, 0.15) is 36.1 Å². The van der Waals surface area contributed by atoms with Crippen LogP contribution in [0, 0.1) is 16.7 Å². The molecule has 0 aromatic heterocycles. The zero-order valence-electron chi connectivity index (χ0n) is 28.5. The van der Waals surface area contributed by atoms with Crippen molar-refractivity contribution < 1.29 is 58.2 Å². The van der Waals surface area contributed by atoms with Gasteiger partial charge < -0.3 is 39.0 Å². The predicted molar refractivity (Wildman–Crippen MR) is 173 cm³/mol. The molecule has 50 heavy (non-hydrogen) atoms. The van der Waals surface area contributed by atoms with Crippen molar-refractivity contribution in [2.75, 3.05) is 6.61 Å². The number of rotatable bonds is 6. The monoisotopic (exact) mass is 690 g/mol. The molecular weight excluding hydrogens is 648 g/mol. The Balaban J connectivity index is 1.38. The molecule has 11 atom stereocenters. The van der Waals surface area contributed by atoms with Crippen molar-refractivity contribution in [1.29, 1.82) is 0 Å². The van der Waals surface area contributed by atoms with E-state index in [-0.39, 0.29) is 30.6 Å². The molecule has 2 aliphatic heterocycles. The van der Waals surface area contributed by atoms with Gasteiger partial charge in [-0.2, -0.15) is 0 Å². The summed E-state index contributed by atoms with van der Waals surface area (Å²) in [5.41, 5.74) is -5.88. The molecule has 2 saturated carbocycles. The van der Waals surface area contributed by atoms with Crippen LogP contribution in [0.5, 0.6) is 0 Å². The summed E-state index contributed by atoms with van der Waals surface area (Å²) < 4.78 is 29.8. The highest BCUT2D eigenvalue weighted by Gasteiger charge is 2.78. The molecule has 2 bridgehead atoms. The minimum atomic E-state index is -2.18. The van der Waals surface area contributed by atoms with Gasteiger partial charge in [-0.05, 0) is 42.7 Å². The molecule has 7 rings (SSSR count). The lowest BCUT2D eigenvalue weighted by Gasteiger charge is -2.67. The Hall–Kier alpha value is -3.94. The van der Waals surface area contributed by atoms with Crippen molar-refractivity contribution in [3.05, 3.63) is 82.9 Å².